The summed E-state index contributed by atoms with van der Waals surface area (Å²) in [5, 5.41) is 5.63. The molecule has 4 aromatic rings. The summed E-state index contributed by atoms with van der Waals surface area (Å²) in [7, 11) is -1.12. The van der Waals surface area contributed by atoms with E-state index in [-0.39, 0.29) is 11.7 Å². The van der Waals surface area contributed by atoms with Crippen LogP contribution in [0.4, 0.5) is 0 Å². The fraction of sp³-hybridized carbons (Fsp3) is 0.250. The van der Waals surface area contributed by atoms with Gasteiger partial charge in [-0.1, -0.05) is 121 Å². The summed E-state index contributed by atoms with van der Waals surface area (Å²) in [6.45, 7) is 4.18. The molecule has 1 spiro atoms. The van der Waals surface area contributed by atoms with Crippen LogP contribution in [-0.2, 0) is 9.47 Å². The van der Waals surface area contributed by atoms with Gasteiger partial charge in [-0.15, -0.1) is 0 Å². The molecule has 1 aliphatic heterocycles. The molecule has 1 saturated heterocycles. The molecule has 0 bridgehead atoms. The van der Waals surface area contributed by atoms with Crippen LogP contribution < -0.4 is 21.2 Å². The lowest BCUT2D eigenvalue weighted by molar-refractivity contribution is -0.147. The Bertz CT molecular complexity index is 1200. The molecular weight excluding hydrogens is 478 g/mol. The molecule has 0 unspecified atom stereocenters. The lowest BCUT2D eigenvalue weighted by atomic mass is 10.2. The van der Waals surface area contributed by atoms with Gasteiger partial charge in [-0.3, -0.25) is 0 Å². The molecule has 2 fully saturated rings. The molecule has 1 saturated carbocycles. The zero-order chi connectivity index (χ0) is 24.6. The van der Waals surface area contributed by atoms with Gasteiger partial charge in [-0.2, -0.15) is 0 Å². The van der Waals surface area contributed by atoms with Gasteiger partial charge in [0.05, 0.1) is 6.10 Å². The molecule has 3 atom stereocenters. The van der Waals surface area contributed by atoms with E-state index in [9.17, 15) is 0 Å². The van der Waals surface area contributed by atoms with Gasteiger partial charge in [0.2, 0.25) is 0 Å². The van der Waals surface area contributed by atoms with Crippen molar-refractivity contribution in [1.29, 1.82) is 0 Å². The maximum Gasteiger partial charge on any atom is 0.164 e. The van der Waals surface area contributed by atoms with E-state index in [1.807, 2.05) is 0 Å². The first-order chi connectivity index (χ1) is 17.6. The Morgan fingerprint density at radius 2 is 1.06 bits per heavy atom. The van der Waals surface area contributed by atoms with Crippen LogP contribution in [0.25, 0.3) is 0 Å². The maximum atomic E-state index is 6.87. The largest absolute Gasteiger partial charge is 0.344 e. The van der Waals surface area contributed by atoms with Crippen molar-refractivity contribution in [3.05, 3.63) is 121 Å². The minimum absolute atomic E-state index is 0.0569. The Morgan fingerprint density at radius 3 is 1.50 bits per heavy atom. The fourth-order valence-corrected chi connectivity index (χ4v) is 11.2. The quantitative estimate of drug-likeness (QED) is 0.288. The number of hydrogen-bond acceptors (Lipinski definition) is 2. The smallest absolute Gasteiger partial charge is 0.164 e. The zero-order valence-corrected chi connectivity index (χ0v) is 22.6. The molecular formula is C32H32O2P2. The SMILES string of the molecule is CC1(C)O[C@H](CP(c2ccccc2)c2ccccc2)[C@@]2(C[C@@H]2P(c2ccccc2)c2ccccc2)O1. The zero-order valence-electron chi connectivity index (χ0n) is 20.8. The van der Waals surface area contributed by atoms with Crippen LogP contribution in [0, 0.1) is 0 Å². The van der Waals surface area contributed by atoms with Gasteiger partial charge in [0, 0.05) is 11.8 Å². The number of ether oxygens (including phenoxy) is 2. The van der Waals surface area contributed by atoms with Crippen LogP contribution in [-0.4, -0.2) is 29.3 Å². The molecule has 1 heterocycles. The van der Waals surface area contributed by atoms with Crippen molar-refractivity contribution in [2.24, 2.45) is 0 Å². The predicted molar refractivity (Wildman–Crippen MR) is 154 cm³/mol. The lowest BCUT2D eigenvalue weighted by Gasteiger charge is -2.27. The van der Waals surface area contributed by atoms with Crippen molar-refractivity contribution in [2.75, 3.05) is 6.16 Å². The predicted octanol–water partition coefficient (Wildman–Crippen LogP) is 5.91. The van der Waals surface area contributed by atoms with Crippen molar-refractivity contribution in [2.45, 2.75) is 43.4 Å². The third kappa shape index (κ3) is 4.69. The van der Waals surface area contributed by atoms with Gasteiger partial charge < -0.3 is 9.47 Å². The van der Waals surface area contributed by atoms with Crippen LogP contribution >= 0.6 is 15.8 Å². The van der Waals surface area contributed by atoms with Crippen LogP contribution in [0.2, 0.25) is 0 Å². The standard InChI is InChI=1S/C32H32O2P2/c1-31(2)33-29(24-35(25-15-7-3-8-16-25)26-17-9-4-10-18-26)32(34-31)23-30(32)36(27-19-11-5-12-20-27)28-21-13-6-14-22-28/h3-22,29-30H,23-24H2,1-2H3/t29-,30+,32-/m1/s1. The van der Waals surface area contributed by atoms with Crippen molar-refractivity contribution < 1.29 is 9.47 Å². The Labute approximate surface area is 217 Å². The minimum Gasteiger partial charge on any atom is -0.344 e. The Morgan fingerprint density at radius 1 is 0.639 bits per heavy atom. The van der Waals surface area contributed by atoms with Crippen LogP contribution in [0.1, 0.15) is 20.3 Å². The van der Waals surface area contributed by atoms with Crippen LogP contribution in [0.3, 0.4) is 0 Å². The number of rotatable bonds is 7. The van der Waals surface area contributed by atoms with Crippen LogP contribution in [0.15, 0.2) is 121 Å². The number of benzene rings is 4. The van der Waals surface area contributed by atoms with Gasteiger partial charge in [0.1, 0.15) is 5.60 Å². The second-order valence-corrected chi connectivity index (χ2v) is 14.8. The summed E-state index contributed by atoms with van der Waals surface area (Å²) < 4.78 is 13.6. The van der Waals surface area contributed by atoms with E-state index in [0.717, 1.165) is 12.6 Å². The molecule has 6 rings (SSSR count). The van der Waals surface area contributed by atoms with E-state index < -0.39 is 21.6 Å². The highest BCUT2D eigenvalue weighted by Crippen LogP contribution is 2.66. The molecule has 0 radical (unpaired) electrons. The second-order valence-electron chi connectivity index (χ2n) is 10.1. The molecule has 4 aromatic carbocycles. The van der Waals surface area contributed by atoms with Gasteiger partial charge in [-0.05, 0) is 57.3 Å². The summed E-state index contributed by atoms with van der Waals surface area (Å²) in [6, 6.07) is 44.0. The topological polar surface area (TPSA) is 18.5 Å². The van der Waals surface area contributed by atoms with Gasteiger partial charge in [-0.25, -0.2) is 0 Å². The highest BCUT2D eigenvalue weighted by atomic mass is 31.1. The fourth-order valence-electron chi connectivity index (χ4n) is 5.62. The van der Waals surface area contributed by atoms with Crippen molar-refractivity contribution >= 4 is 37.1 Å². The Hall–Kier alpha value is -2.34. The third-order valence-corrected chi connectivity index (χ3v) is 12.7. The third-order valence-electron chi connectivity index (χ3n) is 7.19. The minimum atomic E-state index is -0.581. The lowest BCUT2D eigenvalue weighted by Crippen LogP contribution is -2.35. The van der Waals surface area contributed by atoms with E-state index in [1.165, 1.54) is 21.2 Å². The van der Waals surface area contributed by atoms with Crippen molar-refractivity contribution in [1.82, 2.24) is 0 Å². The molecule has 0 aromatic heterocycles. The van der Waals surface area contributed by atoms with E-state index in [2.05, 4.69) is 135 Å². The Kier molecular flexibility index (Phi) is 6.57. The number of hydrogen-bond donors (Lipinski definition) is 0. The first-order valence-corrected chi connectivity index (χ1v) is 15.6. The normalized spacial score (nSPS) is 24.4. The molecule has 0 amide bonds. The van der Waals surface area contributed by atoms with E-state index in [4.69, 9.17) is 9.47 Å². The molecule has 1 aliphatic carbocycles. The first kappa shape index (κ1) is 24.0. The van der Waals surface area contributed by atoms with E-state index in [0.29, 0.717) is 5.66 Å². The molecule has 4 heteroatoms. The molecule has 0 N–H and O–H groups in total. The highest BCUT2D eigenvalue weighted by molar-refractivity contribution is 7.74. The van der Waals surface area contributed by atoms with Crippen molar-refractivity contribution in [3.63, 3.8) is 0 Å². The van der Waals surface area contributed by atoms with Gasteiger partial charge in [0.25, 0.3) is 0 Å². The monoisotopic (exact) mass is 510 g/mol. The maximum absolute atomic E-state index is 6.87. The molecule has 2 nitrogen and oxygen atoms in total. The molecule has 36 heavy (non-hydrogen) atoms. The summed E-state index contributed by atoms with van der Waals surface area (Å²) in [5.41, 5.74) is 0.192. The first-order valence-electron chi connectivity index (χ1n) is 12.7. The van der Waals surface area contributed by atoms with Crippen LogP contribution in [0.5, 0.6) is 0 Å². The summed E-state index contributed by atoms with van der Waals surface area (Å²) in [6.07, 6.45) is 2.07. The van der Waals surface area contributed by atoms with E-state index in [1.54, 1.807) is 0 Å². The second kappa shape index (κ2) is 9.85. The average Bonchev–Trinajstić information content (AvgIpc) is 3.54. The van der Waals surface area contributed by atoms with E-state index >= 15 is 0 Å². The highest BCUT2D eigenvalue weighted by Gasteiger charge is 2.70. The van der Waals surface area contributed by atoms with Crippen molar-refractivity contribution in [3.8, 4) is 0 Å². The molecule has 182 valence electrons. The van der Waals surface area contributed by atoms with Gasteiger partial charge in [0.15, 0.2) is 5.79 Å². The van der Waals surface area contributed by atoms with Gasteiger partial charge >= 0.3 is 0 Å². The Balaban J connectivity index is 1.37. The summed E-state index contributed by atoms with van der Waals surface area (Å²) in [5.74, 6) is -0.581. The molecule has 2 aliphatic rings. The average molecular weight is 511 g/mol. The summed E-state index contributed by atoms with van der Waals surface area (Å²) >= 11 is 0. The summed E-state index contributed by atoms with van der Waals surface area (Å²) in [4.78, 5) is 0.